The zero-order chi connectivity index (χ0) is 15.9. The van der Waals surface area contributed by atoms with E-state index < -0.39 is 10.8 Å². The Morgan fingerprint density at radius 2 is 2.10 bits per heavy atom. The Morgan fingerprint density at radius 3 is 2.62 bits per heavy atom. The molecule has 0 aliphatic carbocycles. The zero-order valence-electron chi connectivity index (χ0n) is 13.8. The van der Waals surface area contributed by atoms with Crippen LogP contribution in [0, 0.1) is 0 Å². The molecule has 0 spiro atoms. The van der Waals surface area contributed by atoms with E-state index in [9.17, 15) is 4.21 Å². The number of aryl methyl sites for hydroxylation is 1. The average molecular weight is 312 g/mol. The minimum atomic E-state index is -0.843. The number of hydrogen-bond donors (Lipinski definition) is 2. The summed E-state index contributed by atoms with van der Waals surface area (Å²) in [4.78, 5) is 4.54. The van der Waals surface area contributed by atoms with Crippen LogP contribution >= 0.6 is 0 Å². The molecular formula is C15H28N4OS. The van der Waals surface area contributed by atoms with E-state index in [2.05, 4.69) is 27.9 Å². The Kier molecular flexibility index (Phi) is 6.95. The second kappa shape index (κ2) is 8.22. The SMILES string of the molecule is CCNC(=NCc1ccn(C)c1)NCCS(=O)C(C)(C)C. The molecule has 1 rings (SSSR count). The largest absolute Gasteiger partial charge is 0.357 e. The number of nitrogens with one attached hydrogen (secondary N) is 2. The first kappa shape index (κ1) is 17.8. The molecule has 21 heavy (non-hydrogen) atoms. The van der Waals surface area contributed by atoms with E-state index in [1.165, 1.54) is 5.56 Å². The summed E-state index contributed by atoms with van der Waals surface area (Å²) < 4.78 is 13.8. The molecule has 1 aromatic heterocycles. The van der Waals surface area contributed by atoms with Gasteiger partial charge >= 0.3 is 0 Å². The topological polar surface area (TPSA) is 58.4 Å². The molecule has 0 aliphatic heterocycles. The number of rotatable bonds is 6. The van der Waals surface area contributed by atoms with Crippen LogP contribution in [0.4, 0.5) is 0 Å². The highest BCUT2D eigenvalue weighted by atomic mass is 32.2. The first-order chi connectivity index (χ1) is 9.82. The highest BCUT2D eigenvalue weighted by Gasteiger charge is 2.18. The average Bonchev–Trinajstić information content (AvgIpc) is 2.80. The number of hydrogen-bond acceptors (Lipinski definition) is 2. The maximum absolute atomic E-state index is 12.0. The van der Waals surface area contributed by atoms with Crippen molar-refractivity contribution in [2.75, 3.05) is 18.8 Å². The summed E-state index contributed by atoms with van der Waals surface area (Å²) in [6, 6.07) is 2.06. The van der Waals surface area contributed by atoms with Crippen molar-refractivity contribution >= 4 is 16.8 Å². The molecule has 0 saturated heterocycles. The standard InChI is InChI=1S/C15H28N4OS/c1-6-16-14(17-8-10-21(20)15(2,3)4)18-11-13-7-9-19(5)12-13/h7,9,12H,6,8,10-11H2,1-5H3,(H2,16,17,18). The first-order valence-electron chi connectivity index (χ1n) is 7.34. The number of nitrogens with zero attached hydrogens (tertiary/aromatic N) is 2. The van der Waals surface area contributed by atoms with E-state index in [0.717, 1.165) is 12.5 Å². The van der Waals surface area contributed by atoms with Gasteiger partial charge in [0.1, 0.15) is 0 Å². The predicted molar refractivity (Wildman–Crippen MR) is 91.0 cm³/mol. The minimum absolute atomic E-state index is 0.165. The van der Waals surface area contributed by atoms with Gasteiger partial charge in [0.2, 0.25) is 0 Å². The third-order valence-corrected chi connectivity index (χ3v) is 4.86. The summed E-state index contributed by atoms with van der Waals surface area (Å²) >= 11 is 0. The van der Waals surface area contributed by atoms with Crippen LogP contribution in [0.3, 0.4) is 0 Å². The smallest absolute Gasteiger partial charge is 0.191 e. The van der Waals surface area contributed by atoms with Gasteiger partial charge in [0.15, 0.2) is 5.96 Å². The van der Waals surface area contributed by atoms with E-state index in [0.29, 0.717) is 18.8 Å². The fourth-order valence-corrected chi connectivity index (χ4v) is 2.63. The van der Waals surface area contributed by atoms with Gasteiger partial charge in [0.05, 0.1) is 6.54 Å². The Hall–Kier alpha value is -1.30. The third-order valence-electron chi connectivity index (χ3n) is 2.92. The molecule has 1 atom stereocenters. The van der Waals surface area contributed by atoms with Gasteiger partial charge in [0, 0.05) is 53.8 Å². The molecule has 0 aromatic carbocycles. The van der Waals surface area contributed by atoms with Crippen molar-refractivity contribution in [2.24, 2.45) is 12.0 Å². The molecule has 0 fully saturated rings. The van der Waals surface area contributed by atoms with Crippen molar-refractivity contribution in [3.05, 3.63) is 24.0 Å². The zero-order valence-corrected chi connectivity index (χ0v) is 14.6. The molecular weight excluding hydrogens is 284 g/mol. The maximum atomic E-state index is 12.0. The van der Waals surface area contributed by atoms with Crippen LogP contribution in [-0.2, 0) is 24.4 Å². The molecule has 120 valence electrons. The van der Waals surface area contributed by atoms with Gasteiger partial charge in [-0.3, -0.25) is 4.21 Å². The van der Waals surface area contributed by atoms with Crippen molar-refractivity contribution in [3.8, 4) is 0 Å². The highest BCUT2D eigenvalue weighted by molar-refractivity contribution is 7.86. The van der Waals surface area contributed by atoms with Crippen LogP contribution < -0.4 is 10.6 Å². The molecule has 5 nitrogen and oxygen atoms in total. The molecule has 1 aromatic rings. The fourth-order valence-electron chi connectivity index (χ4n) is 1.73. The van der Waals surface area contributed by atoms with Crippen molar-refractivity contribution in [1.82, 2.24) is 15.2 Å². The van der Waals surface area contributed by atoms with Crippen LogP contribution in [0.25, 0.3) is 0 Å². The van der Waals surface area contributed by atoms with Gasteiger partial charge in [-0.05, 0) is 39.3 Å². The molecule has 0 radical (unpaired) electrons. The summed E-state index contributed by atoms with van der Waals surface area (Å²) in [5.74, 6) is 1.39. The molecule has 2 N–H and O–H groups in total. The molecule has 0 saturated carbocycles. The number of aliphatic imine (C=N–C) groups is 1. The van der Waals surface area contributed by atoms with Crippen LogP contribution in [0.2, 0.25) is 0 Å². The van der Waals surface area contributed by atoms with E-state index in [-0.39, 0.29) is 4.75 Å². The lowest BCUT2D eigenvalue weighted by Gasteiger charge is -2.18. The van der Waals surface area contributed by atoms with Crippen LogP contribution in [0.5, 0.6) is 0 Å². The molecule has 0 amide bonds. The van der Waals surface area contributed by atoms with Gasteiger partial charge in [-0.15, -0.1) is 0 Å². The molecule has 1 heterocycles. The first-order valence-corrected chi connectivity index (χ1v) is 8.66. The Bertz CT molecular complexity index is 488. The van der Waals surface area contributed by atoms with E-state index in [4.69, 9.17) is 0 Å². The summed E-state index contributed by atoms with van der Waals surface area (Å²) in [6.07, 6.45) is 4.07. The summed E-state index contributed by atoms with van der Waals surface area (Å²) in [6.45, 7) is 10.1. The van der Waals surface area contributed by atoms with Crippen LogP contribution in [0.1, 0.15) is 33.3 Å². The molecule has 1 unspecified atom stereocenters. The Morgan fingerprint density at radius 1 is 1.38 bits per heavy atom. The number of aromatic nitrogens is 1. The Balaban J connectivity index is 2.47. The lowest BCUT2D eigenvalue weighted by molar-refractivity contribution is 0.647. The van der Waals surface area contributed by atoms with Crippen LogP contribution in [-0.4, -0.2) is 38.3 Å². The summed E-state index contributed by atoms with van der Waals surface area (Å²) in [7, 11) is 1.16. The van der Waals surface area contributed by atoms with Gasteiger partial charge in [-0.25, -0.2) is 4.99 Å². The van der Waals surface area contributed by atoms with Crippen molar-refractivity contribution in [3.63, 3.8) is 0 Å². The van der Waals surface area contributed by atoms with E-state index >= 15 is 0 Å². The molecule has 0 aliphatic rings. The lowest BCUT2D eigenvalue weighted by atomic mass is 10.3. The van der Waals surface area contributed by atoms with Crippen LogP contribution in [0.15, 0.2) is 23.5 Å². The fraction of sp³-hybridized carbons (Fsp3) is 0.667. The van der Waals surface area contributed by atoms with Gasteiger partial charge in [-0.2, -0.15) is 0 Å². The van der Waals surface area contributed by atoms with E-state index in [1.807, 2.05) is 45.5 Å². The van der Waals surface area contributed by atoms with Crippen molar-refractivity contribution < 1.29 is 4.21 Å². The molecule has 6 heteroatoms. The molecule has 0 bridgehead atoms. The maximum Gasteiger partial charge on any atom is 0.191 e. The quantitative estimate of drug-likeness (QED) is 0.620. The van der Waals surface area contributed by atoms with Gasteiger partial charge < -0.3 is 15.2 Å². The Labute approximate surface area is 130 Å². The van der Waals surface area contributed by atoms with Gasteiger partial charge in [-0.1, -0.05) is 0 Å². The minimum Gasteiger partial charge on any atom is -0.357 e. The monoisotopic (exact) mass is 312 g/mol. The lowest BCUT2D eigenvalue weighted by Crippen LogP contribution is -2.40. The summed E-state index contributed by atoms with van der Waals surface area (Å²) in [5, 5.41) is 6.45. The second-order valence-electron chi connectivity index (χ2n) is 5.97. The second-order valence-corrected chi connectivity index (χ2v) is 8.29. The van der Waals surface area contributed by atoms with E-state index in [1.54, 1.807) is 0 Å². The van der Waals surface area contributed by atoms with Gasteiger partial charge in [0.25, 0.3) is 0 Å². The third kappa shape index (κ3) is 6.80. The van der Waals surface area contributed by atoms with Crippen molar-refractivity contribution in [1.29, 1.82) is 0 Å². The highest BCUT2D eigenvalue weighted by Crippen LogP contribution is 2.10. The predicted octanol–water partition coefficient (Wildman–Crippen LogP) is 1.63. The van der Waals surface area contributed by atoms with Crippen molar-refractivity contribution in [2.45, 2.75) is 39.0 Å². The summed E-state index contributed by atoms with van der Waals surface area (Å²) in [5.41, 5.74) is 1.17. The normalized spacial score (nSPS) is 14.0. The number of guanidine groups is 1.